The van der Waals surface area contributed by atoms with E-state index >= 15 is 0 Å². The quantitative estimate of drug-likeness (QED) is 0.132. The van der Waals surface area contributed by atoms with Crippen molar-refractivity contribution in [3.63, 3.8) is 0 Å². The maximum absolute atomic E-state index is 14.2. The predicted molar refractivity (Wildman–Crippen MR) is 255 cm³/mol. The van der Waals surface area contributed by atoms with Crippen LogP contribution in [0.2, 0.25) is 0 Å². The van der Waals surface area contributed by atoms with Crippen molar-refractivity contribution in [1.29, 1.82) is 0 Å². The molecule has 3 saturated heterocycles. The number of aromatic amines is 1. The van der Waals surface area contributed by atoms with Crippen molar-refractivity contribution < 1.29 is 41.8 Å². The molecular formula is C51H64F3N9O6. The first kappa shape index (κ1) is 49.1. The molecule has 4 N–H and O–H groups in total. The number of allylic oxidation sites excluding steroid dienone is 1. The molecule has 5 aliphatic rings. The minimum Gasteiger partial charge on any atom is -0.453 e. The zero-order valence-electron chi connectivity index (χ0n) is 40.1. The van der Waals surface area contributed by atoms with Crippen LogP contribution in [0.4, 0.5) is 28.4 Å². The molecule has 69 heavy (non-hydrogen) atoms. The lowest BCUT2D eigenvalue weighted by Gasteiger charge is -2.46. The number of likely N-dealkylation sites (tertiary alicyclic amines) is 2. The number of hydrogen-bond acceptors (Lipinski definition) is 10. The van der Waals surface area contributed by atoms with Gasteiger partial charge in [-0.3, -0.25) is 14.6 Å². The molecule has 8 atom stereocenters. The van der Waals surface area contributed by atoms with Gasteiger partial charge in [0.2, 0.25) is 11.8 Å². The van der Waals surface area contributed by atoms with Gasteiger partial charge >= 0.3 is 18.4 Å². The second kappa shape index (κ2) is 20.3. The molecule has 2 unspecified atom stereocenters. The summed E-state index contributed by atoms with van der Waals surface area (Å²) in [6, 6.07) is 11.4. The number of rotatable bonds is 13. The molecule has 5 heterocycles. The Hall–Kier alpha value is -6.33. The molecule has 0 radical (unpaired) electrons. The predicted octanol–water partition coefficient (Wildman–Crippen LogP) is 8.09. The molecule has 1 aliphatic carbocycles. The van der Waals surface area contributed by atoms with E-state index in [1.807, 2.05) is 44.7 Å². The number of halogens is 3. The van der Waals surface area contributed by atoms with Crippen LogP contribution in [0.5, 0.6) is 0 Å². The van der Waals surface area contributed by atoms with Crippen molar-refractivity contribution in [3.8, 4) is 11.3 Å². The van der Waals surface area contributed by atoms with Crippen LogP contribution in [0.1, 0.15) is 102 Å². The number of H-pyrrole nitrogens is 1. The Balaban J connectivity index is 1.02. The van der Waals surface area contributed by atoms with E-state index in [2.05, 4.69) is 61.2 Å². The fourth-order valence-electron chi connectivity index (χ4n) is 11.2. The molecule has 3 fully saturated rings. The Kier molecular flexibility index (Phi) is 14.5. The number of anilines is 1. The molecule has 2 aromatic carbocycles. The second-order valence-electron chi connectivity index (χ2n) is 19.5. The Morgan fingerprint density at radius 1 is 0.797 bits per heavy atom. The molecule has 3 aromatic rings. The largest absolute Gasteiger partial charge is 0.453 e. The summed E-state index contributed by atoms with van der Waals surface area (Å²) in [7, 11) is 2.55. The lowest BCUT2D eigenvalue weighted by Crippen LogP contribution is -2.65. The van der Waals surface area contributed by atoms with Crippen LogP contribution in [0.25, 0.3) is 11.3 Å². The topological polar surface area (TPSA) is 174 Å². The number of methoxy groups -OCH3 is 2. The van der Waals surface area contributed by atoms with E-state index in [0.29, 0.717) is 37.6 Å². The lowest BCUT2D eigenvalue weighted by molar-refractivity contribution is -0.138. The van der Waals surface area contributed by atoms with Crippen molar-refractivity contribution in [2.45, 2.75) is 121 Å². The van der Waals surface area contributed by atoms with Gasteiger partial charge in [0.1, 0.15) is 17.9 Å². The third-order valence-electron chi connectivity index (χ3n) is 14.8. The van der Waals surface area contributed by atoms with Crippen molar-refractivity contribution in [2.75, 3.05) is 38.8 Å². The number of aliphatic imine (C=N–C) groups is 1. The summed E-state index contributed by atoms with van der Waals surface area (Å²) in [5.74, 6) is -0.0251. The van der Waals surface area contributed by atoms with E-state index in [4.69, 9.17) is 14.5 Å². The van der Waals surface area contributed by atoms with Gasteiger partial charge in [-0.15, -0.1) is 0 Å². The maximum Gasteiger partial charge on any atom is 0.416 e. The van der Waals surface area contributed by atoms with Crippen molar-refractivity contribution in [3.05, 3.63) is 95.5 Å². The molecular weight excluding hydrogens is 892 g/mol. The van der Waals surface area contributed by atoms with Gasteiger partial charge in [-0.25, -0.2) is 14.6 Å². The van der Waals surface area contributed by atoms with E-state index in [1.165, 1.54) is 14.2 Å². The first-order valence-electron chi connectivity index (χ1n) is 24.1. The van der Waals surface area contributed by atoms with E-state index < -0.39 is 41.5 Å². The van der Waals surface area contributed by atoms with Gasteiger partial charge in [-0.05, 0) is 97.7 Å². The summed E-state index contributed by atoms with van der Waals surface area (Å²) < 4.78 is 51.1. The zero-order chi connectivity index (χ0) is 49.2. The number of aromatic nitrogens is 2. The van der Waals surface area contributed by atoms with Gasteiger partial charge in [-0.1, -0.05) is 70.2 Å². The highest BCUT2D eigenvalue weighted by Crippen LogP contribution is 2.46. The summed E-state index contributed by atoms with van der Waals surface area (Å²) in [5, 5.41) is 9.02. The first-order chi connectivity index (χ1) is 33.0. The molecule has 0 saturated carbocycles. The summed E-state index contributed by atoms with van der Waals surface area (Å²) in [4.78, 5) is 70.9. The number of alkyl halides is 3. The number of imidazole rings is 1. The average molecular weight is 956 g/mol. The van der Waals surface area contributed by atoms with Crippen molar-refractivity contribution >= 4 is 36.0 Å². The first-order valence-corrected chi connectivity index (χ1v) is 24.1. The molecule has 4 aliphatic heterocycles. The number of ether oxygens (including phenoxy) is 2. The number of nitrogens with one attached hydrogen (secondary N) is 4. The van der Waals surface area contributed by atoms with E-state index in [-0.39, 0.29) is 53.7 Å². The highest BCUT2D eigenvalue weighted by Gasteiger charge is 2.52. The van der Waals surface area contributed by atoms with Gasteiger partial charge in [-0.2, -0.15) is 13.2 Å². The van der Waals surface area contributed by atoms with Gasteiger partial charge in [0.25, 0.3) is 0 Å². The number of carbonyl (C=O) groups is 4. The molecule has 0 bridgehead atoms. The molecule has 0 spiro atoms. The normalized spacial score (nSPS) is 25.5. The minimum absolute atomic E-state index is 0.0294. The highest BCUT2D eigenvalue weighted by molar-refractivity contribution is 5.87. The Labute approximate surface area is 401 Å². The summed E-state index contributed by atoms with van der Waals surface area (Å²) in [5.41, 5.74) is 3.17. The van der Waals surface area contributed by atoms with Gasteiger partial charge in [0.05, 0.1) is 74.3 Å². The van der Waals surface area contributed by atoms with Crippen LogP contribution in [0, 0.1) is 17.8 Å². The van der Waals surface area contributed by atoms with Crippen LogP contribution in [-0.2, 0) is 25.2 Å². The van der Waals surface area contributed by atoms with Gasteiger partial charge in [0.15, 0.2) is 0 Å². The molecule has 1 aromatic heterocycles. The number of hydrogen-bond donors (Lipinski definition) is 4. The fourth-order valence-corrected chi connectivity index (χ4v) is 11.2. The van der Waals surface area contributed by atoms with Gasteiger partial charge < -0.3 is 45.1 Å². The smallest absolute Gasteiger partial charge is 0.416 e. The Morgan fingerprint density at radius 3 is 2.00 bits per heavy atom. The Morgan fingerprint density at radius 2 is 1.42 bits per heavy atom. The van der Waals surface area contributed by atoms with Crippen LogP contribution < -0.4 is 20.9 Å². The number of benzene rings is 2. The van der Waals surface area contributed by atoms with E-state index in [0.717, 1.165) is 73.1 Å². The fraction of sp³-hybridized carbons (Fsp3) is 0.529. The monoisotopic (exact) mass is 955 g/mol. The van der Waals surface area contributed by atoms with Crippen molar-refractivity contribution in [2.24, 2.45) is 22.7 Å². The number of amides is 4. The highest BCUT2D eigenvalue weighted by atomic mass is 19.4. The maximum atomic E-state index is 14.2. The third kappa shape index (κ3) is 9.93. The van der Waals surface area contributed by atoms with Crippen LogP contribution in [0.15, 0.2) is 83.5 Å². The van der Waals surface area contributed by atoms with Gasteiger partial charge in [0, 0.05) is 24.7 Å². The summed E-state index contributed by atoms with van der Waals surface area (Å²) >= 11 is 0. The van der Waals surface area contributed by atoms with Crippen LogP contribution in [0.3, 0.4) is 0 Å². The molecule has 370 valence electrons. The number of carbonyl (C=O) groups excluding carboxylic acids is 4. The standard InChI is InChI=1S/C51H64F3N9O6/c1-30(2)43(59-48(66)68-5)46(64)61-25-7-9-41(61)45-56-27-38(58-45)32-11-13-33(14-12-32)39-23-24-40(63(39)37-21-19-36(20-22-37)51(52,53)54)34-15-17-35(18-16-34)50(28-55-29-57-50)42-10-8-26-62(42)47(65)44(31(3)4)60-49(67)69-6/h11-17,19-22,27,29-31,35,39-44H,7-10,18,23-26,28H2,1-6H3,(H,55,57)(H,56,58)(H,59,66)(H,60,67)/t35?,39-,40-,41-,42-,43-,44-,50?/m0/s1. The SMILES string of the molecule is COC(=O)N[C@H](C(=O)N1CCC[C@H]1C1(C2C=CC([C@@H]3CC[C@@H](c4ccc(-c5cnc([C@@H]6CCCN6C(=O)[C@@H](NC(=O)OC)C(C)C)[nH]5)cc4)N3c3ccc(C(F)(F)F)cc3)=CC2)CN=CN1)C(C)C. The molecule has 18 heteroatoms. The van der Waals surface area contributed by atoms with Crippen LogP contribution in [-0.4, -0.2) is 114 Å². The molecule has 15 nitrogen and oxygen atoms in total. The lowest BCUT2D eigenvalue weighted by atomic mass is 9.73. The second-order valence-corrected chi connectivity index (χ2v) is 19.5. The Bertz CT molecular complexity index is 2430. The molecule has 8 rings (SSSR count). The van der Waals surface area contributed by atoms with Crippen LogP contribution >= 0.6 is 0 Å². The zero-order valence-corrected chi connectivity index (χ0v) is 40.1. The van der Waals surface area contributed by atoms with E-state index in [9.17, 15) is 32.3 Å². The molecule has 4 amide bonds. The number of alkyl carbamates (subject to hydrolysis) is 2. The van der Waals surface area contributed by atoms with E-state index in [1.54, 1.807) is 29.6 Å². The summed E-state index contributed by atoms with van der Waals surface area (Å²) in [6.45, 7) is 9.12. The third-order valence-corrected chi connectivity index (χ3v) is 14.8. The summed E-state index contributed by atoms with van der Waals surface area (Å²) in [6.07, 6.45) is 9.59. The van der Waals surface area contributed by atoms with Crippen molar-refractivity contribution in [1.82, 2.24) is 35.7 Å². The average Bonchev–Trinajstić information content (AvgIpc) is 4.21. The number of nitrogens with zero attached hydrogens (tertiary/aromatic N) is 5. The minimum atomic E-state index is -4.47.